The summed E-state index contributed by atoms with van der Waals surface area (Å²) in [6, 6.07) is 9.44. The van der Waals surface area contributed by atoms with Gasteiger partial charge >= 0.3 is 0 Å². The van der Waals surface area contributed by atoms with Crippen LogP contribution in [0.25, 0.3) is 0 Å². The van der Waals surface area contributed by atoms with E-state index in [1.807, 2.05) is 30.3 Å². The lowest BCUT2D eigenvalue weighted by atomic mass is 10.0. The van der Waals surface area contributed by atoms with Gasteiger partial charge in [-0.2, -0.15) is 0 Å². The van der Waals surface area contributed by atoms with Crippen molar-refractivity contribution in [3.8, 4) is 28.7 Å². The zero-order valence-electron chi connectivity index (χ0n) is 13.9. The van der Waals surface area contributed by atoms with E-state index in [4.69, 9.17) is 18.9 Å². The van der Waals surface area contributed by atoms with E-state index in [0.717, 1.165) is 35.5 Å². The molecule has 0 aliphatic heterocycles. The summed E-state index contributed by atoms with van der Waals surface area (Å²) in [5.41, 5.74) is 2.12. The number of aromatic hydroxyl groups is 1. The second-order valence-corrected chi connectivity index (χ2v) is 5.07. The van der Waals surface area contributed by atoms with Crippen LogP contribution in [0, 0.1) is 0 Å². The van der Waals surface area contributed by atoms with E-state index >= 15 is 0 Å². The van der Waals surface area contributed by atoms with Crippen molar-refractivity contribution in [3.05, 3.63) is 41.5 Å². The number of methoxy groups -OCH3 is 4. The first kappa shape index (κ1) is 16.8. The van der Waals surface area contributed by atoms with Gasteiger partial charge in [0.25, 0.3) is 0 Å². The van der Waals surface area contributed by atoms with E-state index in [2.05, 4.69) is 0 Å². The molecule has 2 aromatic carbocycles. The summed E-state index contributed by atoms with van der Waals surface area (Å²) in [4.78, 5) is 0. The molecule has 0 aromatic heterocycles. The number of rotatable bonds is 7. The molecule has 0 radical (unpaired) electrons. The van der Waals surface area contributed by atoms with Crippen LogP contribution in [0.3, 0.4) is 0 Å². The Morgan fingerprint density at radius 2 is 1.09 bits per heavy atom. The summed E-state index contributed by atoms with van der Waals surface area (Å²) in [7, 11) is 6.30. The van der Waals surface area contributed by atoms with E-state index < -0.39 is 0 Å². The van der Waals surface area contributed by atoms with Crippen molar-refractivity contribution in [1.29, 1.82) is 0 Å². The van der Waals surface area contributed by atoms with E-state index in [-0.39, 0.29) is 5.75 Å². The topological polar surface area (TPSA) is 57.2 Å². The third kappa shape index (κ3) is 4.00. The quantitative estimate of drug-likeness (QED) is 0.849. The Morgan fingerprint density at radius 1 is 0.652 bits per heavy atom. The molecule has 2 rings (SSSR count). The zero-order chi connectivity index (χ0) is 16.8. The van der Waals surface area contributed by atoms with E-state index in [1.165, 1.54) is 14.2 Å². The van der Waals surface area contributed by atoms with Crippen LogP contribution in [0.2, 0.25) is 0 Å². The smallest absolute Gasteiger partial charge is 0.200 e. The second kappa shape index (κ2) is 7.63. The van der Waals surface area contributed by atoms with Crippen LogP contribution in [-0.4, -0.2) is 33.5 Å². The molecule has 0 saturated heterocycles. The first-order chi connectivity index (χ1) is 11.1. The predicted octanol–water partition coefficient (Wildman–Crippen LogP) is 3.21. The van der Waals surface area contributed by atoms with Crippen molar-refractivity contribution in [3.63, 3.8) is 0 Å². The van der Waals surface area contributed by atoms with Crippen LogP contribution in [0.4, 0.5) is 0 Å². The standard InChI is InChI=1S/C18H22O5/c1-20-14-7-12(8-15(11-14)21-2)5-6-13-9-16(22-3)18(19)17(10-13)23-4/h7-11,19H,5-6H2,1-4H3. The van der Waals surface area contributed by atoms with Gasteiger partial charge in [-0.1, -0.05) is 0 Å². The highest BCUT2D eigenvalue weighted by Gasteiger charge is 2.11. The Bertz CT molecular complexity index is 619. The maximum atomic E-state index is 9.95. The molecule has 2 aromatic rings. The molecule has 0 amide bonds. The van der Waals surface area contributed by atoms with Crippen molar-refractivity contribution >= 4 is 0 Å². The zero-order valence-corrected chi connectivity index (χ0v) is 13.9. The van der Waals surface area contributed by atoms with E-state index in [0.29, 0.717) is 11.5 Å². The molecule has 5 heteroatoms. The molecule has 5 nitrogen and oxygen atoms in total. The maximum absolute atomic E-state index is 9.95. The fourth-order valence-electron chi connectivity index (χ4n) is 2.39. The van der Waals surface area contributed by atoms with Crippen LogP contribution in [-0.2, 0) is 12.8 Å². The van der Waals surface area contributed by atoms with Gasteiger partial charge in [0.05, 0.1) is 28.4 Å². The number of hydrogen-bond donors (Lipinski definition) is 1. The lowest BCUT2D eigenvalue weighted by Gasteiger charge is -2.12. The summed E-state index contributed by atoms with van der Waals surface area (Å²) in [6.45, 7) is 0. The van der Waals surface area contributed by atoms with Gasteiger partial charge in [0.15, 0.2) is 11.5 Å². The molecule has 0 saturated carbocycles. The average Bonchev–Trinajstić information content (AvgIpc) is 2.60. The molecular formula is C18H22O5. The van der Waals surface area contributed by atoms with Crippen molar-refractivity contribution in [2.45, 2.75) is 12.8 Å². The highest BCUT2D eigenvalue weighted by atomic mass is 16.5. The Morgan fingerprint density at radius 3 is 1.48 bits per heavy atom. The van der Waals surface area contributed by atoms with Crippen LogP contribution >= 0.6 is 0 Å². The van der Waals surface area contributed by atoms with Crippen LogP contribution < -0.4 is 18.9 Å². The van der Waals surface area contributed by atoms with E-state index in [1.54, 1.807) is 14.2 Å². The Hall–Kier alpha value is -2.56. The third-order valence-corrected chi connectivity index (χ3v) is 3.65. The average molecular weight is 318 g/mol. The molecule has 1 N–H and O–H groups in total. The van der Waals surface area contributed by atoms with Gasteiger partial charge in [-0.25, -0.2) is 0 Å². The van der Waals surface area contributed by atoms with Crippen LogP contribution in [0.5, 0.6) is 28.7 Å². The molecule has 0 heterocycles. The van der Waals surface area contributed by atoms with Gasteiger partial charge in [-0.3, -0.25) is 0 Å². The maximum Gasteiger partial charge on any atom is 0.200 e. The Labute approximate surface area is 136 Å². The normalized spacial score (nSPS) is 10.3. The summed E-state index contributed by atoms with van der Waals surface area (Å²) in [5.74, 6) is 2.35. The molecule has 0 unspecified atom stereocenters. The number of aryl methyl sites for hydroxylation is 2. The minimum atomic E-state index is 0.0156. The number of ether oxygens (including phenoxy) is 4. The fraction of sp³-hybridized carbons (Fsp3) is 0.333. The van der Waals surface area contributed by atoms with Crippen molar-refractivity contribution < 1.29 is 24.1 Å². The summed E-state index contributed by atoms with van der Waals surface area (Å²) < 4.78 is 20.9. The molecule has 0 atom stereocenters. The Kier molecular flexibility index (Phi) is 5.57. The van der Waals surface area contributed by atoms with Crippen molar-refractivity contribution in [1.82, 2.24) is 0 Å². The molecule has 0 fully saturated rings. The van der Waals surface area contributed by atoms with Gasteiger partial charge < -0.3 is 24.1 Å². The van der Waals surface area contributed by atoms with Gasteiger partial charge in [0, 0.05) is 6.07 Å². The largest absolute Gasteiger partial charge is 0.502 e. The highest BCUT2D eigenvalue weighted by molar-refractivity contribution is 5.53. The van der Waals surface area contributed by atoms with Crippen molar-refractivity contribution in [2.24, 2.45) is 0 Å². The summed E-state index contributed by atoms with van der Waals surface area (Å²) in [6.07, 6.45) is 1.56. The molecule has 0 aliphatic carbocycles. The summed E-state index contributed by atoms with van der Waals surface area (Å²) in [5, 5.41) is 9.95. The number of phenolic OH excluding ortho intramolecular Hbond substituents is 1. The molecule has 23 heavy (non-hydrogen) atoms. The molecule has 124 valence electrons. The predicted molar refractivity (Wildman–Crippen MR) is 88.2 cm³/mol. The number of benzene rings is 2. The first-order valence-electron chi connectivity index (χ1n) is 7.27. The molecular weight excluding hydrogens is 296 g/mol. The lowest BCUT2D eigenvalue weighted by molar-refractivity contribution is 0.339. The van der Waals surface area contributed by atoms with Crippen LogP contribution in [0.15, 0.2) is 30.3 Å². The first-order valence-corrected chi connectivity index (χ1v) is 7.27. The van der Waals surface area contributed by atoms with Crippen LogP contribution in [0.1, 0.15) is 11.1 Å². The fourth-order valence-corrected chi connectivity index (χ4v) is 2.39. The minimum Gasteiger partial charge on any atom is -0.502 e. The van der Waals surface area contributed by atoms with Crippen molar-refractivity contribution in [2.75, 3.05) is 28.4 Å². The number of hydrogen-bond acceptors (Lipinski definition) is 5. The van der Waals surface area contributed by atoms with Gasteiger partial charge in [0.1, 0.15) is 11.5 Å². The molecule has 0 aliphatic rings. The molecule has 0 spiro atoms. The Balaban J connectivity index is 2.20. The highest BCUT2D eigenvalue weighted by Crippen LogP contribution is 2.37. The summed E-state index contributed by atoms with van der Waals surface area (Å²) >= 11 is 0. The minimum absolute atomic E-state index is 0.0156. The monoisotopic (exact) mass is 318 g/mol. The third-order valence-electron chi connectivity index (χ3n) is 3.65. The van der Waals surface area contributed by atoms with E-state index in [9.17, 15) is 5.11 Å². The van der Waals surface area contributed by atoms with Gasteiger partial charge in [0.2, 0.25) is 5.75 Å². The SMILES string of the molecule is COc1cc(CCc2cc(OC)c(O)c(OC)c2)cc(OC)c1. The lowest BCUT2D eigenvalue weighted by Crippen LogP contribution is -1.97. The number of phenols is 1. The molecule has 0 bridgehead atoms. The second-order valence-electron chi connectivity index (χ2n) is 5.07. The van der Waals surface area contributed by atoms with Gasteiger partial charge in [-0.15, -0.1) is 0 Å². The van der Waals surface area contributed by atoms with Gasteiger partial charge in [-0.05, 0) is 48.2 Å².